The Morgan fingerprint density at radius 2 is 1.71 bits per heavy atom. The molecule has 0 saturated carbocycles. The minimum atomic E-state index is -0.424. The second kappa shape index (κ2) is 10.3. The van der Waals surface area contributed by atoms with Gasteiger partial charge in [-0.2, -0.15) is 0 Å². The molecule has 0 unspecified atom stereocenters. The molecular weight excluding hydrogens is 350 g/mol. The monoisotopic (exact) mass is 383 g/mol. The van der Waals surface area contributed by atoms with Gasteiger partial charge in [0.2, 0.25) is 5.91 Å². The summed E-state index contributed by atoms with van der Waals surface area (Å²) in [5, 5.41) is 5.43. The van der Waals surface area contributed by atoms with E-state index in [0.717, 1.165) is 25.7 Å². The molecule has 4 heteroatoms. The molecule has 0 heterocycles. The summed E-state index contributed by atoms with van der Waals surface area (Å²) in [5.74, 6) is -0.135. The molecule has 0 aromatic heterocycles. The lowest BCUT2D eigenvalue weighted by Crippen LogP contribution is -2.31. The number of benzene rings is 2. The van der Waals surface area contributed by atoms with E-state index in [1.165, 1.54) is 16.3 Å². The fraction of sp³-hybridized carbons (Fsp3) is 0.500. The SMILES string of the molecule is C[C@@H](Cc1ccc2ccccc2c1)C(=O)NCCCCCC(=O)OC(C)(C)C. The number of hydrogen-bond acceptors (Lipinski definition) is 3. The van der Waals surface area contributed by atoms with Crippen molar-refractivity contribution in [3.63, 3.8) is 0 Å². The van der Waals surface area contributed by atoms with Crippen LogP contribution in [0.2, 0.25) is 0 Å². The van der Waals surface area contributed by atoms with Crippen LogP contribution in [0.5, 0.6) is 0 Å². The van der Waals surface area contributed by atoms with Crippen molar-refractivity contribution in [2.24, 2.45) is 5.92 Å². The Balaban J connectivity index is 1.65. The lowest BCUT2D eigenvalue weighted by Gasteiger charge is -2.19. The number of carbonyl (C=O) groups excluding carboxylic acids is 2. The highest BCUT2D eigenvalue weighted by Crippen LogP contribution is 2.18. The molecule has 1 amide bonds. The molecular formula is C24H33NO3. The largest absolute Gasteiger partial charge is 0.460 e. The first kappa shape index (κ1) is 21.9. The van der Waals surface area contributed by atoms with Crippen molar-refractivity contribution in [2.75, 3.05) is 6.54 Å². The molecule has 1 atom stereocenters. The highest BCUT2D eigenvalue weighted by Gasteiger charge is 2.16. The van der Waals surface area contributed by atoms with E-state index in [1.54, 1.807) is 0 Å². The molecule has 2 rings (SSSR count). The molecule has 0 aliphatic heterocycles. The van der Waals surface area contributed by atoms with Gasteiger partial charge in [-0.05, 0) is 56.4 Å². The molecule has 2 aromatic carbocycles. The summed E-state index contributed by atoms with van der Waals surface area (Å²) in [6, 6.07) is 14.6. The van der Waals surface area contributed by atoms with Crippen LogP contribution in [-0.2, 0) is 20.7 Å². The summed E-state index contributed by atoms with van der Waals surface area (Å²) >= 11 is 0. The molecule has 4 nitrogen and oxygen atoms in total. The Hall–Kier alpha value is -2.36. The number of rotatable bonds is 9. The summed E-state index contributed by atoms with van der Waals surface area (Å²) in [6.07, 6.45) is 3.73. The van der Waals surface area contributed by atoms with Gasteiger partial charge < -0.3 is 10.1 Å². The molecule has 0 aliphatic carbocycles. The summed E-state index contributed by atoms with van der Waals surface area (Å²) < 4.78 is 5.29. The average molecular weight is 384 g/mol. The molecule has 0 bridgehead atoms. The van der Waals surface area contributed by atoms with Crippen molar-refractivity contribution in [2.45, 2.75) is 65.4 Å². The third-order valence-electron chi connectivity index (χ3n) is 4.58. The first-order valence-electron chi connectivity index (χ1n) is 10.2. The normalized spacial score (nSPS) is 12.6. The van der Waals surface area contributed by atoms with Gasteiger partial charge in [0.1, 0.15) is 5.60 Å². The highest BCUT2D eigenvalue weighted by molar-refractivity contribution is 5.83. The third-order valence-corrected chi connectivity index (χ3v) is 4.58. The van der Waals surface area contributed by atoms with Crippen molar-refractivity contribution in [1.82, 2.24) is 5.32 Å². The van der Waals surface area contributed by atoms with Crippen molar-refractivity contribution >= 4 is 22.6 Å². The van der Waals surface area contributed by atoms with Crippen LogP contribution in [-0.4, -0.2) is 24.0 Å². The molecule has 0 spiro atoms. The smallest absolute Gasteiger partial charge is 0.306 e. The van der Waals surface area contributed by atoms with Crippen LogP contribution >= 0.6 is 0 Å². The number of hydrogen-bond donors (Lipinski definition) is 1. The number of esters is 1. The van der Waals surface area contributed by atoms with Crippen LogP contribution in [0.25, 0.3) is 10.8 Å². The van der Waals surface area contributed by atoms with Crippen LogP contribution < -0.4 is 5.32 Å². The number of carbonyl (C=O) groups is 2. The topological polar surface area (TPSA) is 55.4 Å². The van der Waals surface area contributed by atoms with Gasteiger partial charge in [0.05, 0.1) is 0 Å². The molecule has 28 heavy (non-hydrogen) atoms. The Morgan fingerprint density at radius 3 is 2.43 bits per heavy atom. The molecule has 2 aromatic rings. The Labute approximate surface area is 168 Å². The van der Waals surface area contributed by atoms with Crippen LogP contribution in [0.4, 0.5) is 0 Å². The predicted octanol–water partition coefficient (Wildman–Crippen LogP) is 5.04. The summed E-state index contributed by atoms with van der Waals surface area (Å²) in [5.41, 5.74) is 0.755. The summed E-state index contributed by atoms with van der Waals surface area (Å²) in [4.78, 5) is 24.0. The molecule has 0 saturated heterocycles. The fourth-order valence-corrected chi connectivity index (χ4v) is 3.16. The van der Waals surface area contributed by atoms with Gasteiger partial charge in [-0.3, -0.25) is 9.59 Å². The Morgan fingerprint density at radius 1 is 1.00 bits per heavy atom. The number of nitrogens with one attached hydrogen (secondary N) is 1. The summed E-state index contributed by atoms with van der Waals surface area (Å²) in [6.45, 7) is 8.24. The quantitative estimate of drug-likeness (QED) is 0.488. The molecule has 0 fully saturated rings. The number of amides is 1. The lowest BCUT2D eigenvalue weighted by molar-refractivity contribution is -0.154. The van der Waals surface area contributed by atoms with E-state index in [-0.39, 0.29) is 17.8 Å². The van der Waals surface area contributed by atoms with E-state index in [1.807, 2.05) is 39.8 Å². The van der Waals surface area contributed by atoms with Crippen LogP contribution in [0.1, 0.15) is 58.9 Å². The van der Waals surface area contributed by atoms with Gasteiger partial charge in [-0.15, -0.1) is 0 Å². The fourth-order valence-electron chi connectivity index (χ4n) is 3.16. The second-order valence-electron chi connectivity index (χ2n) is 8.47. The molecule has 152 valence electrons. The zero-order valence-corrected chi connectivity index (χ0v) is 17.6. The van der Waals surface area contributed by atoms with Gasteiger partial charge in [0, 0.05) is 18.9 Å². The molecule has 0 radical (unpaired) electrons. The first-order valence-corrected chi connectivity index (χ1v) is 10.2. The lowest BCUT2D eigenvalue weighted by atomic mass is 9.98. The van der Waals surface area contributed by atoms with Gasteiger partial charge in [-0.25, -0.2) is 0 Å². The highest BCUT2D eigenvalue weighted by atomic mass is 16.6. The Bertz CT molecular complexity index is 792. The van der Waals surface area contributed by atoms with E-state index in [0.29, 0.717) is 13.0 Å². The van der Waals surface area contributed by atoms with Crippen LogP contribution in [0, 0.1) is 5.92 Å². The van der Waals surface area contributed by atoms with E-state index < -0.39 is 5.60 Å². The van der Waals surface area contributed by atoms with Crippen LogP contribution in [0.3, 0.4) is 0 Å². The van der Waals surface area contributed by atoms with E-state index in [9.17, 15) is 9.59 Å². The van der Waals surface area contributed by atoms with E-state index in [4.69, 9.17) is 4.74 Å². The predicted molar refractivity (Wildman–Crippen MR) is 114 cm³/mol. The summed E-state index contributed by atoms with van der Waals surface area (Å²) in [7, 11) is 0. The third kappa shape index (κ3) is 7.71. The maximum Gasteiger partial charge on any atom is 0.306 e. The minimum absolute atomic E-state index is 0.0667. The van der Waals surface area contributed by atoms with Crippen molar-refractivity contribution < 1.29 is 14.3 Å². The van der Waals surface area contributed by atoms with Gasteiger partial charge in [-0.1, -0.05) is 55.8 Å². The maximum atomic E-state index is 12.3. The minimum Gasteiger partial charge on any atom is -0.460 e. The zero-order valence-electron chi connectivity index (χ0n) is 17.6. The zero-order chi connectivity index (χ0) is 20.6. The van der Waals surface area contributed by atoms with E-state index in [2.05, 4.69) is 35.6 Å². The van der Waals surface area contributed by atoms with Gasteiger partial charge in [0.25, 0.3) is 0 Å². The number of fused-ring (bicyclic) bond motifs is 1. The van der Waals surface area contributed by atoms with Crippen molar-refractivity contribution in [3.05, 3.63) is 48.0 Å². The molecule has 0 aliphatic rings. The molecule has 1 N–H and O–H groups in total. The van der Waals surface area contributed by atoms with E-state index >= 15 is 0 Å². The number of unbranched alkanes of at least 4 members (excludes halogenated alkanes) is 2. The van der Waals surface area contributed by atoms with Crippen molar-refractivity contribution in [1.29, 1.82) is 0 Å². The number of ether oxygens (including phenoxy) is 1. The van der Waals surface area contributed by atoms with Crippen LogP contribution in [0.15, 0.2) is 42.5 Å². The average Bonchev–Trinajstić information content (AvgIpc) is 2.62. The second-order valence-corrected chi connectivity index (χ2v) is 8.47. The maximum absolute atomic E-state index is 12.3. The Kier molecular flexibility index (Phi) is 8.04. The van der Waals surface area contributed by atoms with Gasteiger partial charge in [0.15, 0.2) is 0 Å². The van der Waals surface area contributed by atoms with Crippen molar-refractivity contribution in [3.8, 4) is 0 Å². The first-order chi connectivity index (χ1) is 13.2. The van der Waals surface area contributed by atoms with Gasteiger partial charge >= 0.3 is 5.97 Å². The standard InChI is InChI=1S/C24H33NO3/c1-18(16-19-13-14-20-10-7-8-11-21(20)17-19)23(27)25-15-9-5-6-12-22(26)28-24(2,3)4/h7-8,10-11,13-14,17-18H,5-6,9,12,15-16H2,1-4H3,(H,25,27)/t18-/m0/s1.